The Bertz CT molecular complexity index is 162. The topological polar surface area (TPSA) is 32.3 Å². The Balaban J connectivity index is 2.20. The van der Waals surface area contributed by atoms with E-state index in [1.165, 1.54) is 19.3 Å². The summed E-state index contributed by atoms with van der Waals surface area (Å²) in [7, 11) is 0. The Morgan fingerprint density at radius 3 is 2.33 bits per heavy atom. The third-order valence-corrected chi connectivity index (χ3v) is 3.56. The van der Waals surface area contributed by atoms with Crippen LogP contribution in [0.15, 0.2) is 0 Å². The minimum atomic E-state index is 0.320. The molecule has 0 heterocycles. The molecule has 0 aliphatic heterocycles. The van der Waals surface area contributed by atoms with Gasteiger partial charge >= 0.3 is 0 Å². The maximum absolute atomic E-state index is 8.83. The van der Waals surface area contributed by atoms with Gasteiger partial charge in [-0.2, -0.15) is 0 Å². The Kier molecular flexibility index (Phi) is 5.62. The van der Waals surface area contributed by atoms with Gasteiger partial charge in [0, 0.05) is 12.6 Å². The van der Waals surface area contributed by atoms with Crippen LogP contribution in [0.1, 0.15) is 46.5 Å². The lowest BCUT2D eigenvalue weighted by Gasteiger charge is -2.32. The van der Waals surface area contributed by atoms with Crippen molar-refractivity contribution in [2.24, 2.45) is 17.8 Å². The number of nitrogens with one attached hydrogen (secondary N) is 1. The van der Waals surface area contributed by atoms with Gasteiger partial charge in [0.2, 0.25) is 0 Å². The first-order chi connectivity index (χ1) is 7.11. The highest BCUT2D eigenvalue weighted by Crippen LogP contribution is 2.28. The standard InChI is InChI=1S/C13H27NO/c1-10(4-5-15)9-14-13-7-11(2)6-12(3)8-13/h10-15H,4-9H2,1-3H3. The lowest BCUT2D eigenvalue weighted by Crippen LogP contribution is -2.38. The van der Waals surface area contributed by atoms with E-state index in [4.69, 9.17) is 5.11 Å². The van der Waals surface area contributed by atoms with E-state index in [1.54, 1.807) is 0 Å². The summed E-state index contributed by atoms with van der Waals surface area (Å²) in [5, 5.41) is 12.5. The van der Waals surface area contributed by atoms with Crippen LogP contribution in [0.3, 0.4) is 0 Å². The van der Waals surface area contributed by atoms with Crippen molar-refractivity contribution in [1.82, 2.24) is 5.32 Å². The van der Waals surface area contributed by atoms with Crippen molar-refractivity contribution in [3.8, 4) is 0 Å². The van der Waals surface area contributed by atoms with E-state index in [-0.39, 0.29) is 0 Å². The van der Waals surface area contributed by atoms with Crippen LogP contribution >= 0.6 is 0 Å². The fourth-order valence-corrected chi connectivity index (χ4v) is 2.80. The zero-order chi connectivity index (χ0) is 11.3. The van der Waals surface area contributed by atoms with E-state index in [9.17, 15) is 0 Å². The van der Waals surface area contributed by atoms with Crippen molar-refractivity contribution < 1.29 is 5.11 Å². The second kappa shape index (κ2) is 6.49. The molecule has 0 aromatic rings. The molecule has 0 aromatic carbocycles. The van der Waals surface area contributed by atoms with Crippen LogP contribution in [0.2, 0.25) is 0 Å². The highest BCUT2D eigenvalue weighted by atomic mass is 16.3. The summed E-state index contributed by atoms with van der Waals surface area (Å²) < 4.78 is 0. The van der Waals surface area contributed by atoms with Crippen molar-refractivity contribution in [2.75, 3.05) is 13.2 Å². The van der Waals surface area contributed by atoms with Gasteiger partial charge in [-0.3, -0.25) is 0 Å². The molecule has 90 valence electrons. The molecule has 1 fully saturated rings. The van der Waals surface area contributed by atoms with Crippen molar-refractivity contribution in [3.63, 3.8) is 0 Å². The van der Waals surface area contributed by atoms with Gasteiger partial charge in [0.05, 0.1) is 0 Å². The lowest BCUT2D eigenvalue weighted by atomic mass is 9.80. The predicted molar refractivity (Wildman–Crippen MR) is 64.8 cm³/mol. The minimum absolute atomic E-state index is 0.320. The first kappa shape index (κ1) is 13.0. The van der Waals surface area contributed by atoms with E-state index in [0.717, 1.165) is 24.8 Å². The lowest BCUT2D eigenvalue weighted by molar-refractivity contribution is 0.221. The summed E-state index contributed by atoms with van der Waals surface area (Å²) in [6.45, 7) is 8.31. The fourth-order valence-electron chi connectivity index (χ4n) is 2.80. The van der Waals surface area contributed by atoms with Gasteiger partial charge in [-0.1, -0.05) is 20.8 Å². The normalized spacial score (nSPS) is 34.0. The summed E-state index contributed by atoms with van der Waals surface area (Å²) in [5.74, 6) is 2.35. The molecular weight excluding hydrogens is 186 g/mol. The first-order valence-corrected chi connectivity index (χ1v) is 6.46. The van der Waals surface area contributed by atoms with Gasteiger partial charge in [0.25, 0.3) is 0 Å². The van der Waals surface area contributed by atoms with Gasteiger partial charge in [-0.25, -0.2) is 0 Å². The van der Waals surface area contributed by atoms with Gasteiger partial charge in [-0.05, 0) is 50.0 Å². The van der Waals surface area contributed by atoms with Crippen molar-refractivity contribution in [1.29, 1.82) is 0 Å². The Morgan fingerprint density at radius 2 is 1.80 bits per heavy atom. The molecule has 0 spiro atoms. The summed E-state index contributed by atoms with van der Waals surface area (Å²) in [5.41, 5.74) is 0. The Labute approximate surface area is 94.5 Å². The van der Waals surface area contributed by atoms with E-state index in [2.05, 4.69) is 26.1 Å². The SMILES string of the molecule is CC(CCO)CNC1CC(C)CC(C)C1. The van der Waals surface area contributed by atoms with E-state index < -0.39 is 0 Å². The summed E-state index contributed by atoms with van der Waals surface area (Å²) in [6.07, 6.45) is 4.97. The summed E-state index contributed by atoms with van der Waals surface area (Å²) in [4.78, 5) is 0. The van der Waals surface area contributed by atoms with Crippen LogP contribution in [-0.2, 0) is 0 Å². The molecule has 2 N–H and O–H groups in total. The molecule has 3 unspecified atom stereocenters. The van der Waals surface area contributed by atoms with E-state index >= 15 is 0 Å². The molecule has 0 radical (unpaired) electrons. The van der Waals surface area contributed by atoms with Crippen LogP contribution in [0.25, 0.3) is 0 Å². The number of aliphatic hydroxyl groups is 1. The third kappa shape index (κ3) is 4.98. The van der Waals surface area contributed by atoms with Crippen LogP contribution in [0.4, 0.5) is 0 Å². The second-order valence-corrected chi connectivity index (χ2v) is 5.64. The average molecular weight is 213 g/mol. The average Bonchev–Trinajstić information content (AvgIpc) is 2.14. The molecule has 3 atom stereocenters. The number of aliphatic hydroxyl groups excluding tert-OH is 1. The third-order valence-electron chi connectivity index (χ3n) is 3.56. The Hall–Kier alpha value is -0.0800. The zero-order valence-electron chi connectivity index (χ0n) is 10.5. The van der Waals surface area contributed by atoms with Crippen molar-refractivity contribution in [2.45, 2.75) is 52.5 Å². The predicted octanol–water partition coefficient (Wildman–Crippen LogP) is 2.42. The number of hydrogen-bond donors (Lipinski definition) is 2. The minimum Gasteiger partial charge on any atom is -0.396 e. The molecule has 0 saturated heterocycles. The number of rotatable bonds is 5. The first-order valence-electron chi connectivity index (χ1n) is 6.46. The van der Waals surface area contributed by atoms with Crippen molar-refractivity contribution >= 4 is 0 Å². The summed E-state index contributed by atoms with van der Waals surface area (Å²) >= 11 is 0. The van der Waals surface area contributed by atoms with Gasteiger partial charge in [0.15, 0.2) is 0 Å². The van der Waals surface area contributed by atoms with Crippen LogP contribution in [0.5, 0.6) is 0 Å². The molecule has 0 amide bonds. The number of hydrogen-bond acceptors (Lipinski definition) is 2. The van der Waals surface area contributed by atoms with E-state index in [1.807, 2.05) is 0 Å². The maximum Gasteiger partial charge on any atom is 0.0434 e. The highest BCUT2D eigenvalue weighted by molar-refractivity contribution is 4.79. The van der Waals surface area contributed by atoms with Crippen LogP contribution in [-0.4, -0.2) is 24.3 Å². The Morgan fingerprint density at radius 1 is 1.20 bits per heavy atom. The molecular formula is C13H27NO. The van der Waals surface area contributed by atoms with Crippen molar-refractivity contribution in [3.05, 3.63) is 0 Å². The van der Waals surface area contributed by atoms with Gasteiger partial charge in [-0.15, -0.1) is 0 Å². The molecule has 0 aromatic heterocycles. The second-order valence-electron chi connectivity index (χ2n) is 5.64. The maximum atomic E-state index is 8.83. The monoisotopic (exact) mass is 213 g/mol. The molecule has 2 nitrogen and oxygen atoms in total. The molecule has 0 bridgehead atoms. The molecule has 1 aliphatic rings. The fraction of sp³-hybridized carbons (Fsp3) is 1.00. The molecule has 1 rings (SSSR count). The molecule has 1 aliphatic carbocycles. The summed E-state index contributed by atoms with van der Waals surface area (Å²) in [6, 6.07) is 0.713. The smallest absolute Gasteiger partial charge is 0.0434 e. The van der Waals surface area contributed by atoms with Crippen LogP contribution in [0, 0.1) is 17.8 Å². The largest absolute Gasteiger partial charge is 0.396 e. The van der Waals surface area contributed by atoms with Crippen LogP contribution < -0.4 is 5.32 Å². The van der Waals surface area contributed by atoms with E-state index in [0.29, 0.717) is 18.6 Å². The zero-order valence-corrected chi connectivity index (χ0v) is 10.5. The highest BCUT2D eigenvalue weighted by Gasteiger charge is 2.23. The van der Waals surface area contributed by atoms with Gasteiger partial charge in [0.1, 0.15) is 0 Å². The van der Waals surface area contributed by atoms with Gasteiger partial charge < -0.3 is 10.4 Å². The molecule has 15 heavy (non-hydrogen) atoms. The quantitative estimate of drug-likeness (QED) is 0.735. The molecule has 1 saturated carbocycles. The molecule has 2 heteroatoms.